The van der Waals surface area contributed by atoms with Gasteiger partial charge in [0.25, 0.3) is 0 Å². The number of amides is 1. The van der Waals surface area contributed by atoms with E-state index in [4.69, 9.17) is 5.73 Å². The Balaban J connectivity index is 1.61. The van der Waals surface area contributed by atoms with Crippen LogP contribution in [0, 0.1) is 5.82 Å². The van der Waals surface area contributed by atoms with Crippen molar-refractivity contribution in [2.24, 2.45) is 5.73 Å². The van der Waals surface area contributed by atoms with Gasteiger partial charge in [0.2, 0.25) is 5.91 Å². The number of carbonyl (C=O) groups is 1. The molecule has 4 aromatic rings. The van der Waals surface area contributed by atoms with E-state index in [0.717, 1.165) is 6.26 Å². The van der Waals surface area contributed by atoms with Gasteiger partial charge < -0.3 is 11.1 Å². The molecule has 0 unspecified atom stereocenters. The van der Waals surface area contributed by atoms with E-state index in [9.17, 15) is 17.6 Å². The van der Waals surface area contributed by atoms with Crippen molar-refractivity contribution in [2.75, 3.05) is 11.6 Å². The van der Waals surface area contributed by atoms with Gasteiger partial charge in [0.15, 0.2) is 9.84 Å². The molecule has 0 aliphatic carbocycles. The molecule has 2 heterocycles. The predicted molar refractivity (Wildman–Crippen MR) is 125 cm³/mol. The van der Waals surface area contributed by atoms with E-state index in [1.165, 1.54) is 36.4 Å². The quantitative estimate of drug-likeness (QED) is 0.352. The Hall–Kier alpha value is -4.12. The van der Waals surface area contributed by atoms with E-state index in [0.29, 0.717) is 41.3 Å². The molecule has 9 nitrogen and oxygen atoms in total. The summed E-state index contributed by atoms with van der Waals surface area (Å²) in [6.45, 7) is 0. The number of nitrogens with one attached hydrogen (secondary N) is 2. The molecule has 0 fully saturated rings. The Morgan fingerprint density at radius 3 is 2.68 bits per heavy atom. The summed E-state index contributed by atoms with van der Waals surface area (Å²) in [6, 6.07) is 10.3. The average molecular weight is 481 g/mol. The van der Waals surface area contributed by atoms with E-state index in [1.807, 2.05) is 0 Å². The third-order valence-electron chi connectivity index (χ3n) is 5.13. The molecule has 4 N–H and O–H groups in total. The third kappa shape index (κ3) is 5.09. The topological polar surface area (TPSA) is 144 Å². The van der Waals surface area contributed by atoms with Crippen molar-refractivity contribution in [3.05, 3.63) is 83.7 Å². The van der Waals surface area contributed by atoms with Crippen LogP contribution in [0.3, 0.4) is 0 Å². The molecule has 0 atom stereocenters. The molecule has 2 aromatic heterocycles. The molecule has 0 spiro atoms. The highest BCUT2D eigenvalue weighted by Crippen LogP contribution is 2.32. The van der Waals surface area contributed by atoms with E-state index < -0.39 is 21.6 Å². The summed E-state index contributed by atoms with van der Waals surface area (Å²) in [5, 5.41) is 10.1. The van der Waals surface area contributed by atoms with Gasteiger partial charge in [0.05, 0.1) is 16.8 Å². The zero-order chi connectivity index (χ0) is 24.3. The zero-order valence-corrected chi connectivity index (χ0v) is 18.9. The smallest absolute Gasteiger partial charge is 0.249 e. The maximum Gasteiger partial charge on any atom is 0.249 e. The van der Waals surface area contributed by atoms with E-state index in [1.54, 1.807) is 24.7 Å². The number of halogens is 1. The number of anilines is 2. The summed E-state index contributed by atoms with van der Waals surface area (Å²) < 4.78 is 39.3. The second-order valence-corrected chi connectivity index (χ2v) is 9.59. The first-order valence-electron chi connectivity index (χ1n) is 10.2. The third-order valence-corrected chi connectivity index (χ3v) is 6.27. The summed E-state index contributed by atoms with van der Waals surface area (Å²) in [5.74, 6) is -0.0650. The van der Waals surface area contributed by atoms with Crippen LogP contribution in [0.5, 0.6) is 0 Å². The van der Waals surface area contributed by atoms with Gasteiger partial charge in [-0.3, -0.25) is 14.9 Å². The number of sulfone groups is 1. The van der Waals surface area contributed by atoms with Crippen molar-refractivity contribution < 1.29 is 17.6 Å². The molecule has 0 saturated heterocycles. The number of hydrogen-bond donors (Lipinski definition) is 3. The first-order chi connectivity index (χ1) is 16.2. The second kappa shape index (κ2) is 9.40. The van der Waals surface area contributed by atoms with Crippen LogP contribution in [0.4, 0.5) is 16.0 Å². The number of rotatable bonds is 8. The number of benzene rings is 2. The standard InChI is InChI=1S/C23H21FN6O3S/c1-34(32,33)19-4-2-3-17(23(25)31)22(19)15-6-8-18(24)14(11-15)5-7-16-12-20(30-29-16)28-21-13-26-9-10-27-21/h2-4,6,8-13H,5,7H2,1H3,(H2,25,31)(H2,27,28,29,30). The fourth-order valence-electron chi connectivity index (χ4n) is 3.58. The number of primary amides is 1. The van der Waals surface area contributed by atoms with Crippen molar-refractivity contribution in [1.29, 1.82) is 0 Å². The molecule has 0 bridgehead atoms. The lowest BCUT2D eigenvalue weighted by molar-refractivity contribution is 0.100. The van der Waals surface area contributed by atoms with Gasteiger partial charge in [-0.25, -0.2) is 17.8 Å². The Morgan fingerprint density at radius 2 is 1.97 bits per heavy atom. The van der Waals surface area contributed by atoms with Crippen LogP contribution in [0.25, 0.3) is 11.1 Å². The van der Waals surface area contributed by atoms with Crippen molar-refractivity contribution >= 4 is 27.4 Å². The molecular formula is C23H21FN6O3S. The minimum Gasteiger partial charge on any atom is -0.366 e. The highest BCUT2D eigenvalue weighted by Gasteiger charge is 2.21. The summed E-state index contributed by atoms with van der Waals surface area (Å²) in [7, 11) is -3.67. The maximum absolute atomic E-state index is 14.6. The second-order valence-electron chi connectivity index (χ2n) is 7.61. The molecule has 1 amide bonds. The maximum atomic E-state index is 14.6. The minimum atomic E-state index is -3.67. The summed E-state index contributed by atoms with van der Waals surface area (Å²) in [4.78, 5) is 20.1. The van der Waals surface area contributed by atoms with Crippen LogP contribution in [0.1, 0.15) is 21.6 Å². The van der Waals surface area contributed by atoms with Gasteiger partial charge in [-0.1, -0.05) is 12.1 Å². The first kappa shape index (κ1) is 23.1. The fraction of sp³-hybridized carbons (Fsp3) is 0.130. The van der Waals surface area contributed by atoms with Crippen LogP contribution in [0.15, 0.2) is 66.0 Å². The molecule has 0 radical (unpaired) electrons. The van der Waals surface area contributed by atoms with E-state index in [2.05, 4.69) is 25.5 Å². The Labute approximate surface area is 195 Å². The highest BCUT2D eigenvalue weighted by atomic mass is 32.2. The Kier molecular flexibility index (Phi) is 6.37. The largest absolute Gasteiger partial charge is 0.366 e. The van der Waals surface area contributed by atoms with Crippen molar-refractivity contribution in [2.45, 2.75) is 17.7 Å². The molecule has 0 saturated carbocycles. The van der Waals surface area contributed by atoms with Crippen LogP contribution < -0.4 is 11.1 Å². The van der Waals surface area contributed by atoms with Crippen LogP contribution >= 0.6 is 0 Å². The molecule has 0 aliphatic heterocycles. The first-order valence-corrected chi connectivity index (χ1v) is 12.1. The van der Waals surface area contributed by atoms with Crippen LogP contribution in [-0.2, 0) is 22.7 Å². The van der Waals surface area contributed by atoms with E-state index >= 15 is 0 Å². The van der Waals surface area contributed by atoms with Crippen LogP contribution in [-0.4, -0.2) is 40.7 Å². The van der Waals surface area contributed by atoms with Crippen molar-refractivity contribution in [3.8, 4) is 11.1 Å². The number of carbonyl (C=O) groups excluding carboxylic acids is 1. The van der Waals surface area contributed by atoms with Gasteiger partial charge >= 0.3 is 0 Å². The Bertz CT molecular complexity index is 1450. The summed E-state index contributed by atoms with van der Waals surface area (Å²) in [5.41, 5.74) is 7.12. The van der Waals surface area contributed by atoms with Crippen LogP contribution in [0.2, 0.25) is 0 Å². The molecule has 2 aromatic carbocycles. The highest BCUT2D eigenvalue weighted by molar-refractivity contribution is 7.90. The molecular weight excluding hydrogens is 459 g/mol. The predicted octanol–water partition coefficient (Wildman–Crippen LogP) is 3.04. The molecule has 34 heavy (non-hydrogen) atoms. The summed E-state index contributed by atoms with van der Waals surface area (Å²) in [6.07, 6.45) is 6.44. The normalized spacial score (nSPS) is 11.4. The van der Waals surface area contributed by atoms with Gasteiger partial charge in [0.1, 0.15) is 17.5 Å². The number of H-pyrrole nitrogens is 1. The Morgan fingerprint density at radius 1 is 1.15 bits per heavy atom. The van der Waals surface area contributed by atoms with Gasteiger partial charge in [-0.05, 0) is 48.2 Å². The van der Waals surface area contributed by atoms with E-state index in [-0.39, 0.29) is 16.0 Å². The molecule has 174 valence electrons. The van der Waals surface area contributed by atoms with Gasteiger partial charge in [0, 0.05) is 35.8 Å². The minimum absolute atomic E-state index is 0.0478. The molecule has 0 aliphatic rings. The lowest BCUT2D eigenvalue weighted by atomic mass is 9.96. The number of aromatic amines is 1. The number of nitrogens with two attached hydrogens (primary N) is 1. The van der Waals surface area contributed by atoms with Gasteiger partial charge in [-0.15, -0.1) is 0 Å². The molecule has 4 rings (SSSR count). The lowest BCUT2D eigenvalue weighted by Gasteiger charge is -2.14. The zero-order valence-electron chi connectivity index (χ0n) is 18.1. The number of aryl methyl sites for hydroxylation is 2. The average Bonchev–Trinajstić information content (AvgIpc) is 3.25. The number of nitrogens with zero attached hydrogens (tertiary/aromatic N) is 3. The van der Waals surface area contributed by atoms with Crippen molar-refractivity contribution in [1.82, 2.24) is 20.2 Å². The number of hydrogen-bond acceptors (Lipinski definition) is 7. The van der Waals surface area contributed by atoms with Crippen molar-refractivity contribution in [3.63, 3.8) is 0 Å². The van der Waals surface area contributed by atoms with Gasteiger partial charge in [-0.2, -0.15) is 5.10 Å². The SMILES string of the molecule is CS(=O)(=O)c1cccc(C(N)=O)c1-c1ccc(F)c(CCc2cc(Nc3cnccn3)[nH]n2)c1. The molecule has 11 heteroatoms. The lowest BCUT2D eigenvalue weighted by Crippen LogP contribution is -2.14. The fourth-order valence-corrected chi connectivity index (χ4v) is 4.51. The summed E-state index contributed by atoms with van der Waals surface area (Å²) >= 11 is 0. The number of aromatic nitrogens is 4. The monoisotopic (exact) mass is 480 g/mol.